The predicted molar refractivity (Wildman–Crippen MR) is 96.1 cm³/mol. The van der Waals surface area contributed by atoms with Crippen LogP contribution >= 0.6 is 0 Å². The summed E-state index contributed by atoms with van der Waals surface area (Å²) in [6, 6.07) is 10.3. The van der Waals surface area contributed by atoms with Crippen molar-refractivity contribution in [2.45, 2.75) is 18.0 Å². The van der Waals surface area contributed by atoms with E-state index >= 15 is 0 Å². The number of aromatic nitrogens is 3. The first-order valence-electron chi connectivity index (χ1n) is 7.79. The molecule has 0 radical (unpaired) electrons. The van der Waals surface area contributed by atoms with Gasteiger partial charge in [-0.05, 0) is 36.8 Å². The molecule has 0 saturated carbocycles. The summed E-state index contributed by atoms with van der Waals surface area (Å²) >= 11 is 0. The summed E-state index contributed by atoms with van der Waals surface area (Å²) in [7, 11) is -3.94. The van der Waals surface area contributed by atoms with Gasteiger partial charge >= 0.3 is 6.18 Å². The molecule has 2 heterocycles. The highest BCUT2D eigenvalue weighted by Crippen LogP contribution is 2.42. The van der Waals surface area contributed by atoms with E-state index in [0.29, 0.717) is 4.68 Å². The molecule has 0 bridgehead atoms. The lowest BCUT2D eigenvalue weighted by atomic mass is 9.99. The molecule has 144 valence electrons. The third-order valence-electron chi connectivity index (χ3n) is 3.80. The van der Waals surface area contributed by atoms with Crippen molar-refractivity contribution in [3.63, 3.8) is 0 Å². The fraction of sp³-hybridized carbons (Fsp3) is 0.111. The van der Waals surface area contributed by atoms with Crippen LogP contribution in [0.15, 0.2) is 53.7 Å². The molecular weight excluding hydrogens is 393 g/mol. The number of primary sulfonamides is 1. The molecule has 6 nitrogen and oxygen atoms in total. The van der Waals surface area contributed by atoms with Crippen molar-refractivity contribution in [2.75, 3.05) is 0 Å². The van der Waals surface area contributed by atoms with Crippen LogP contribution < -0.4 is 5.14 Å². The van der Waals surface area contributed by atoms with Gasteiger partial charge in [-0.25, -0.2) is 13.6 Å². The van der Waals surface area contributed by atoms with E-state index in [1.54, 1.807) is 0 Å². The standard InChI is InChI=1S/C18H13F3N4O2S/c1-2-11-25-17(18(19,20)21)15(12-7-9-23-10-8-12)16(24-25)13-3-5-14(6-4-13)28(22,26)27/h3-10H,1H3,(H2,22,26,27). The Balaban J connectivity index is 2.33. The number of halogens is 3. The first-order valence-corrected chi connectivity index (χ1v) is 9.34. The highest BCUT2D eigenvalue weighted by atomic mass is 32.2. The average Bonchev–Trinajstić information content (AvgIpc) is 3.02. The number of hydrogen-bond acceptors (Lipinski definition) is 4. The maximum Gasteiger partial charge on any atom is 0.434 e. The summed E-state index contributed by atoms with van der Waals surface area (Å²) in [6.07, 6.45) is -1.99. The number of nitrogens with zero attached hydrogens (tertiary/aromatic N) is 3. The molecule has 0 spiro atoms. The van der Waals surface area contributed by atoms with Crippen LogP contribution in [0.25, 0.3) is 22.4 Å². The summed E-state index contributed by atoms with van der Waals surface area (Å²) in [5, 5.41) is 9.10. The van der Waals surface area contributed by atoms with Crippen molar-refractivity contribution in [2.24, 2.45) is 5.14 Å². The highest BCUT2D eigenvalue weighted by molar-refractivity contribution is 7.89. The van der Waals surface area contributed by atoms with Gasteiger partial charge in [-0.1, -0.05) is 18.1 Å². The number of pyridine rings is 1. The minimum absolute atomic E-state index is 0.00208. The summed E-state index contributed by atoms with van der Waals surface area (Å²) in [6.45, 7) is 1.40. The molecule has 2 aromatic heterocycles. The summed E-state index contributed by atoms with van der Waals surface area (Å²) in [5.41, 5.74) is -0.680. The Bertz CT molecular complexity index is 1170. The molecule has 0 unspecified atom stereocenters. The zero-order chi connectivity index (χ0) is 20.5. The molecule has 0 aliphatic carbocycles. The second-order valence-electron chi connectivity index (χ2n) is 5.65. The Kier molecular flexibility index (Phi) is 4.97. The van der Waals surface area contributed by atoms with Gasteiger partial charge in [-0.2, -0.15) is 23.0 Å². The number of alkyl halides is 3. The maximum absolute atomic E-state index is 13.8. The van der Waals surface area contributed by atoms with Crippen molar-refractivity contribution >= 4 is 10.0 Å². The molecule has 0 amide bonds. The Hall–Kier alpha value is -3.16. The van der Waals surface area contributed by atoms with Gasteiger partial charge in [0, 0.05) is 29.6 Å². The van der Waals surface area contributed by atoms with E-state index in [2.05, 4.69) is 22.0 Å². The van der Waals surface area contributed by atoms with E-state index < -0.39 is 21.9 Å². The van der Waals surface area contributed by atoms with Crippen molar-refractivity contribution in [1.82, 2.24) is 14.8 Å². The van der Waals surface area contributed by atoms with E-state index in [1.807, 2.05) is 0 Å². The fourth-order valence-corrected chi connectivity index (χ4v) is 3.18. The van der Waals surface area contributed by atoms with Crippen LogP contribution in [0.4, 0.5) is 13.2 Å². The first-order chi connectivity index (χ1) is 13.1. The van der Waals surface area contributed by atoms with Crippen molar-refractivity contribution in [3.05, 3.63) is 54.5 Å². The van der Waals surface area contributed by atoms with Crippen LogP contribution in [0.3, 0.4) is 0 Å². The summed E-state index contributed by atoms with van der Waals surface area (Å²) in [4.78, 5) is 3.67. The maximum atomic E-state index is 13.8. The smallest absolute Gasteiger partial charge is 0.265 e. The van der Waals surface area contributed by atoms with E-state index in [4.69, 9.17) is 5.14 Å². The molecule has 0 aliphatic rings. The zero-order valence-electron chi connectivity index (χ0n) is 14.4. The second kappa shape index (κ2) is 7.10. The highest BCUT2D eigenvalue weighted by Gasteiger charge is 2.40. The van der Waals surface area contributed by atoms with Crippen LogP contribution in [0.1, 0.15) is 12.6 Å². The quantitative estimate of drug-likeness (QED) is 0.677. The van der Waals surface area contributed by atoms with Crippen molar-refractivity contribution in [1.29, 1.82) is 0 Å². The number of hydrogen-bond donors (Lipinski definition) is 1. The minimum atomic E-state index is -4.73. The van der Waals surface area contributed by atoms with E-state index in [0.717, 1.165) is 0 Å². The Labute approximate surface area is 158 Å². The van der Waals surface area contributed by atoms with Crippen LogP contribution in [0, 0.1) is 12.0 Å². The third-order valence-corrected chi connectivity index (χ3v) is 4.73. The summed E-state index contributed by atoms with van der Waals surface area (Å²) in [5.74, 6) is 2.41. The van der Waals surface area contributed by atoms with Crippen molar-refractivity contribution < 1.29 is 21.6 Å². The number of benzene rings is 1. The SMILES string of the molecule is CC#Cn1nc(-c2ccc(S(N)(=O)=O)cc2)c(-c2ccncc2)c1C(F)(F)F. The van der Waals surface area contributed by atoms with Gasteiger partial charge in [0.25, 0.3) is 0 Å². The van der Waals surface area contributed by atoms with Crippen LogP contribution in [0.2, 0.25) is 0 Å². The Morgan fingerprint density at radius 2 is 1.64 bits per heavy atom. The second-order valence-corrected chi connectivity index (χ2v) is 7.21. The first kappa shape index (κ1) is 19.6. The number of rotatable bonds is 3. The van der Waals surface area contributed by atoms with Gasteiger partial charge in [-0.3, -0.25) is 4.98 Å². The Morgan fingerprint density at radius 3 is 2.14 bits per heavy atom. The number of sulfonamides is 1. The lowest BCUT2D eigenvalue weighted by Gasteiger charge is -2.10. The molecule has 2 N–H and O–H groups in total. The Morgan fingerprint density at radius 1 is 1.04 bits per heavy atom. The van der Waals surface area contributed by atoms with Gasteiger partial charge in [0.1, 0.15) is 5.69 Å². The minimum Gasteiger partial charge on any atom is -0.265 e. The molecule has 0 aliphatic heterocycles. The molecule has 0 saturated heterocycles. The largest absolute Gasteiger partial charge is 0.434 e. The fourth-order valence-electron chi connectivity index (χ4n) is 2.66. The molecule has 3 aromatic rings. The lowest BCUT2D eigenvalue weighted by Crippen LogP contribution is -2.13. The average molecular weight is 406 g/mol. The zero-order valence-corrected chi connectivity index (χ0v) is 15.2. The summed E-state index contributed by atoms with van der Waals surface area (Å²) < 4.78 is 64.9. The van der Waals surface area contributed by atoms with E-state index in [9.17, 15) is 21.6 Å². The normalized spacial score (nSPS) is 11.8. The van der Waals surface area contributed by atoms with E-state index in [1.165, 1.54) is 55.7 Å². The predicted octanol–water partition coefficient (Wildman–Crippen LogP) is 3.11. The van der Waals surface area contributed by atoms with Crippen LogP contribution in [-0.4, -0.2) is 23.2 Å². The van der Waals surface area contributed by atoms with Crippen molar-refractivity contribution in [3.8, 4) is 34.3 Å². The van der Waals surface area contributed by atoms with E-state index in [-0.39, 0.29) is 27.3 Å². The lowest BCUT2D eigenvalue weighted by molar-refractivity contribution is -0.142. The molecule has 0 atom stereocenters. The molecule has 10 heteroatoms. The molecule has 3 rings (SSSR count). The van der Waals surface area contributed by atoms with Crippen LogP contribution in [-0.2, 0) is 16.2 Å². The molecule has 1 aromatic carbocycles. The molecular formula is C18H13F3N4O2S. The van der Waals surface area contributed by atoms with Crippen LogP contribution in [0.5, 0.6) is 0 Å². The number of nitrogens with two attached hydrogens (primary N) is 1. The molecule has 0 fully saturated rings. The van der Waals surface area contributed by atoms with Gasteiger partial charge in [0.15, 0.2) is 5.69 Å². The van der Waals surface area contributed by atoms with Gasteiger partial charge in [0.05, 0.1) is 4.90 Å². The topological polar surface area (TPSA) is 90.9 Å². The monoisotopic (exact) mass is 406 g/mol. The third kappa shape index (κ3) is 3.76. The van der Waals surface area contributed by atoms with Gasteiger partial charge in [-0.15, -0.1) is 0 Å². The molecule has 28 heavy (non-hydrogen) atoms. The van der Waals surface area contributed by atoms with Gasteiger partial charge < -0.3 is 0 Å². The van der Waals surface area contributed by atoms with Gasteiger partial charge in [0.2, 0.25) is 10.0 Å².